The fourth-order valence-corrected chi connectivity index (χ4v) is 4.86. The Morgan fingerprint density at radius 3 is 2.49 bits per heavy atom. The zero-order valence-corrected chi connectivity index (χ0v) is 20.5. The number of allylic oxidation sites excluding steroid dienone is 1. The molecule has 2 aromatic rings. The molecule has 0 fully saturated rings. The van der Waals surface area contributed by atoms with E-state index in [9.17, 15) is 14.0 Å². The van der Waals surface area contributed by atoms with Crippen molar-refractivity contribution in [3.63, 3.8) is 0 Å². The summed E-state index contributed by atoms with van der Waals surface area (Å²) in [6, 6.07) is 13.0. The first-order chi connectivity index (χ1) is 16.9. The van der Waals surface area contributed by atoms with Crippen molar-refractivity contribution in [2.75, 3.05) is 25.6 Å². The molecule has 2 aliphatic rings. The van der Waals surface area contributed by atoms with E-state index < -0.39 is 12.0 Å². The standard InChI is InChI=1S/C26H26FN3O4S/c1-16-4-6-18(7-5-16)24-23(25(32)34-13-12-33-3)17(2)28-26-30(24)21(15-35-26)14-22(31)29-20-10-8-19(27)9-11-20/h4-11,15,24H,12-14H2,1-3H3,(H,29,31). The first-order valence-electron chi connectivity index (χ1n) is 11.1. The summed E-state index contributed by atoms with van der Waals surface area (Å²) in [5.41, 5.74) is 4.17. The van der Waals surface area contributed by atoms with Crippen LogP contribution in [-0.2, 0) is 19.1 Å². The zero-order valence-electron chi connectivity index (χ0n) is 19.7. The predicted molar refractivity (Wildman–Crippen MR) is 134 cm³/mol. The molecule has 0 saturated heterocycles. The third kappa shape index (κ3) is 5.63. The van der Waals surface area contributed by atoms with E-state index in [1.807, 2.05) is 41.5 Å². The van der Waals surface area contributed by atoms with Crippen LogP contribution in [0.2, 0.25) is 0 Å². The van der Waals surface area contributed by atoms with Gasteiger partial charge < -0.3 is 19.7 Å². The number of rotatable bonds is 8. The van der Waals surface area contributed by atoms with Crippen molar-refractivity contribution >= 4 is 34.5 Å². The molecule has 0 spiro atoms. The molecule has 9 heteroatoms. The average Bonchev–Trinajstić information content (AvgIpc) is 3.22. The summed E-state index contributed by atoms with van der Waals surface area (Å²) in [6.07, 6.45) is 0.0524. The molecule has 1 amide bonds. The topological polar surface area (TPSA) is 80.2 Å². The molecule has 0 saturated carbocycles. The second-order valence-corrected chi connectivity index (χ2v) is 9.00. The predicted octanol–water partition coefficient (Wildman–Crippen LogP) is 4.93. The Bertz CT molecular complexity index is 1210. The number of hydrogen-bond acceptors (Lipinski definition) is 7. The fourth-order valence-electron chi connectivity index (χ4n) is 3.89. The van der Waals surface area contributed by atoms with Gasteiger partial charge in [0.15, 0.2) is 5.17 Å². The summed E-state index contributed by atoms with van der Waals surface area (Å²) in [5, 5.41) is 5.35. The van der Waals surface area contributed by atoms with Gasteiger partial charge in [0, 0.05) is 18.5 Å². The molecule has 1 unspecified atom stereocenters. The highest BCUT2D eigenvalue weighted by atomic mass is 32.2. The number of amides is 1. The van der Waals surface area contributed by atoms with E-state index in [0.717, 1.165) is 11.1 Å². The number of carbonyl (C=O) groups excluding carboxylic acids is 2. The number of anilines is 1. The van der Waals surface area contributed by atoms with Gasteiger partial charge in [-0.05, 0) is 49.1 Å². The Kier molecular flexibility index (Phi) is 7.67. The Morgan fingerprint density at radius 2 is 1.80 bits per heavy atom. The number of esters is 1. The maximum Gasteiger partial charge on any atom is 0.338 e. The number of carbonyl (C=O) groups is 2. The van der Waals surface area contributed by atoms with Crippen molar-refractivity contribution in [3.05, 3.63) is 87.9 Å². The molecule has 4 rings (SSSR count). The molecule has 35 heavy (non-hydrogen) atoms. The molecule has 0 radical (unpaired) electrons. The number of aryl methyl sites for hydroxylation is 1. The Balaban J connectivity index is 1.63. The highest BCUT2D eigenvalue weighted by molar-refractivity contribution is 8.16. The fraction of sp³-hybridized carbons (Fsp3) is 0.269. The van der Waals surface area contributed by atoms with Crippen LogP contribution in [0.15, 0.2) is 75.9 Å². The van der Waals surface area contributed by atoms with E-state index in [1.54, 1.807) is 14.0 Å². The van der Waals surface area contributed by atoms with Crippen LogP contribution in [0.4, 0.5) is 10.1 Å². The van der Waals surface area contributed by atoms with Crippen molar-refractivity contribution in [1.82, 2.24) is 4.90 Å². The Labute approximate surface area is 207 Å². The summed E-state index contributed by atoms with van der Waals surface area (Å²) in [6.45, 7) is 4.20. The first kappa shape index (κ1) is 24.7. The number of benzene rings is 2. The van der Waals surface area contributed by atoms with E-state index in [0.29, 0.717) is 27.8 Å². The smallest absolute Gasteiger partial charge is 0.338 e. The van der Waals surface area contributed by atoms with Gasteiger partial charge >= 0.3 is 5.97 Å². The third-order valence-corrected chi connectivity index (χ3v) is 6.49. The number of hydrogen-bond donors (Lipinski definition) is 1. The molecular formula is C26H26FN3O4S. The van der Waals surface area contributed by atoms with E-state index in [2.05, 4.69) is 10.3 Å². The van der Waals surface area contributed by atoms with Gasteiger partial charge in [0.05, 0.1) is 30.3 Å². The van der Waals surface area contributed by atoms with Gasteiger partial charge in [-0.2, -0.15) is 0 Å². The molecular weight excluding hydrogens is 469 g/mol. The quantitative estimate of drug-likeness (QED) is 0.413. The van der Waals surface area contributed by atoms with Crippen LogP contribution in [0.5, 0.6) is 0 Å². The van der Waals surface area contributed by atoms with Crippen molar-refractivity contribution in [2.24, 2.45) is 4.99 Å². The number of ether oxygens (including phenoxy) is 2. The van der Waals surface area contributed by atoms with Crippen LogP contribution in [0.3, 0.4) is 0 Å². The van der Waals surface area contributed by atoms with Crippen molar-refractivity contribution < 1.29 is 23.5 Å². The number of nitrogens with zero attached hydrogens (tertiary/aromatic N) is 2. The average molecular weight is 496 g/mol. The SMILES string of the molecule is COCCOC(=O)C1=C(C)N=C2SC=C(CC(=O)Nc3ccc(F)cc3)N2C1c1ccc(C)cc1. The van der Waals surface area contributed by atoms with Gasteiger partial charge in [-0.25, -0.2) is 14.2 Å². The van der Waals surface area contributed by atoms with Gasteiger partial charge in [0.2, 0.25) is 5.91 Å². The molecule has 1 atom stereocenters. The van der Waals surface area contributed by atoms with Crippen LogP contribution in [0.1, 0.15) is 30.5 Å². The normalized spacial score (nSPS) is 17.0. The summed E-state index contributed by atoms with van der Waals surface area (Å²) >= 11 is 1.40. The first-order valence-corrected chi connectivity index (χ1v) is 12.0. The van der Waals surface area contributed by atoms with Gasteiger partial charge in [-0.15, -0.1) is 0 Å². The highest BCUT2D eigenvalue weighted by Gasteiger charge is 2.41. The molecule has 0 aliphatic carbocycles. The maximum absolute atomic E-state index is 13.2. The van der Waals surface area contributed by atoms with E-state index in [4.69, 9.17) is 9.47 Å². The lowest BCUT2D eigenvalue weighted by molar-refractivity contribution is -0.141. The summed E-state index contributed by atoms with van der Waals surface area (Å²) < 4.78 is 23.7. The number of thioether (sulfide) groups is 1. The van der Waals surface area contributed by atoms with Crippen molar-refractivity contribution in [3.8, 4) is 0 Å². The van der Waals surface area contributed by atoms with Crippen molar-refractivity contribution in [1.29, 1.82) is 0 Å². The maximum atomic E-state index is 13.2. The number of amidine groups is 1. The number of fused-ring (bicyclic) bond motifs is 1. The van der Waals surface area contributed by atoms with Crippen LogP contribution >= 0.6 is 11.8 Å². The number of nitrogens with one attached hydrogen (secondary N) is 1. The Morgan fingerprint density at radius 1 is 1.09 bits per heavy atom. The van der Waals surface area contributed by atoms with E-state index >= 15 is 0 Å². The van der Waals surface area contributed by atoms with Crippen LogP contribution < -0.4 is 5.32 Å². The minimum atomic E-state index is -0.502. The summed E-state index contributed by atoms with van der Waals surface area (Å²) in [4.78, 5) is 32.5. The highest BCUT2D eigenvalue weighted by Crippen LogP contribution is 2.44. The van der Waals surface area contributed by atoms with Crippen LogP contribution in [-0.4, -0.2) is 42.3 Å². The molecule has 2 heterocycles. The van der Waals surface area contributed by atoms with Crippen LogP contribution in [0.25, 0.3) is 0 Å². The largest absolute Gasteiger partial charge is 0.460 e. The lowest BCUT2D eigenvalue weighted by Gasteiger charge is -2.36. The van der Waals surface area contributed by atoms with Gasteiger partial charge in [0.1, 0.15) is 12.4 Å². The van der Waals surface area contributed by atoms with Gasteiger partial charge in [-0.1, -0.05) is 41.6 Å². The number of methoxy groups -OCH3 is 1. The number of aliphatic imine (C=N–C) groups is 1. The van der Waals surface area contributed by atoms with Gasteiger partial charge in [-0.3, -0.25) is 4.79 Å². The molecule has 7 nitrogen and oxygen atoms in total. The zero-order chi connectivity index (χ0) is 24.9. The van der Waals surface area contributed by atoms with E-state index in [-0.39, 0.29) is 31.4 Å². The number of halogens is 1. The molecule has 0 aromatic heterocycles. The monoisotopic (exact) mass is 495 g/mol. The van der Waals surface area contributed by atoms with Gasteiger partial charge in [0.25, 0.3) is 0 Å². The summed E-state index contributed by atoms with van der Waals surface area (Å²) in [5.74, 6) is -1.11. The second-order valence-electron chi connectivity index (χ2n) is 8.16. The van der Waals surface area contributed by atoms with E-state index in [1.165, 1.54) is 36.0 Å². The lowest BCUT2D eigenvalue weighted by atomic mass is 9.93. The molecule has 182 valence electrons. The molecule has 2 aliphatic heterocycles. The summed E-state index contributed by atoms with van der Waals surface area (Å²) in [7, 11) is 1.54. The molecule has 0 bridgehead atoms. The second kappa shape index (κ2) is 10.9. The van der Waals surface area contributed by atoms with Crippen LogP contribution in [0, 0.1) is 12.7 Å². The minimum Gasteiger partial charge on any atom is -0.460 e. The van der Waals surface area contributed by atoms with Crippen molar-refractivity contribution in [2.45, 2.75) is 26.3 Å². The lowest BCUT2D eigenvalue weighted by Crippen LogP contribution is -2.37. The Hall–Kier alpha value is -3.43. The molecule has 1 N–H and O–H groups in total. The third-order valence-electron chi connectivity index (χ3n) is 5.60. The molecule has 2 aromatic carbocycles. The minimum absolute atomic E-state index is 0.0524.